The highest BCUT2D eigenvalue weighted by Gasteiger charge is 2.04. The average Bonchev–Trinajstić information content (AvgIpc) is 2.29. The minimum atomic E-state index is -0.514. The smallest absolute Gasteiger partial charge is 0.319 e. The molecule has 1 aromatic carbocycles. The minimum absolute atomic E-state index is 0.278. The summed E-state index contributed by atoms with van der Waals surface area (Å²) < 4.78 is 0. The standard InChI is InChI=1S/C12H17N3O2/c1-2-3-7-14-12(17)15-10-6-4-5-9(8-10)11(13)16/h4-6,8H,2-3,7H2,1H3,(H2,13,16)(H2,14,15,17). The number of nitrogens with two attached hydrogens (primary N) is 1. The zero-order valence-corrected chi connectivity index (χ0v) is 9.82. The van der Waals surface area contributed by atoms with Gasteiger partial charge in [0.15, 0.2) is 0 Å². The fourth-order valence-electron chi connectivity index (χ4n) is 1.30. The lowest BCUT2D eigenvalue weighted by Crippen LogP contribution is -2.29. The molecule has 0 aliphatic heterocycles. The quantitative estimate of drug-likeness (QED) is 0.679. The molecule has 0 radical (unpaired) electrons. The zero-order valence-electron chi connectivity index (χ0n) is 9.82. The molecule has 5 nitrogen and oxygen atoms in total. The van der Waals surface area contributed by atoms with Gasteiger partial charge in [-0.1, -0.05) is 19.4 Å². The van der Waals surface area contributed by atoms with Crippen molar-refractivity contribution in [1.82, 2.24) is 5.32 Å². The van der Waals surface area contributed by atoms with Gasteiger partial charge >= 0.3 is 6.03 Å². The second-order valence-electron chi connectivity index (χ2n) is 3.68. The molecule has 0 aliphatic rings. The fraction of sp³-hybridized carbons (Fsp3) is 0.333. The number of amides is 3. The Morgan fingerprint density at radius 2 is 2.12 bits per heavy atom. The number of benzene rings is 1. The van der Waals surface area contributed by atoms with E-state index in [1.165, 1.54) is 0 Å². The van der Waals surface area contributed by atoms with Crippen LogP contribution in [0.15, 0.2) is 24.3 Å². The van der Waals surface area contributed by atoms with E-state index in [9.17, 15) is 9.59 Å². The summed E-state index contributed by atoms with van der Waals surface area (Å²) in [7, 11) is 0. The van der Waals surface area contributed by atoms with E-state index in [0.717, 1.165) is 12.8 Å². The molecule has 0 heterocycles. The molecule has 0 spiro atoms. The largest absolute Gasteiger partial charge is 0.366 e. The van der Waals surface area contributed by atoms with E-state index in [-0.39, 0.29) is 6.03 Å². The molecule has 3 amide bonds. The molecule has 0 aliphatic carbocycles. The van der Waals surface area contributed by atoms with Crippen LogP contribution in [-0.2, 0) is 0 Å². The predicted octanol–water partition coefficient (Wildman–Crippen LogP) is 1.71. The summed E-state index contributed by atoms with van der Waals surface area (Å²) in [6.45, 7) is 2.69. The summed E-state index contributed by atoms with van der Waals surface area (Å²) in [6, 6.07) is 6.23. The van der Waals surface area contributed by atoms with Gasteiger partial charge in [0.25, 0.3) is 0 Å². The maximum Gasteiger partial charge on any atom is 0.319 e. The monoisotopic (exact) mass is 235 g/mol. The summed E-state index contributed by atoms with van der Waals surface area (Å²) in [6.07, 6.45) is 1.96. The second kappa shape index (κ2) is 6.52. The molecule has 0 aromatic heterocycles. The molecule has 0 saturated carbocycles. The van der Waals surface area contributed by atoms with E-state index in [2.05, 4.69) is 17.6 Å². The van der Waals surface area contributed by atoms with Gasteiger partial charge in [0.2, 0.25) is 5.91 Å². The third-order valence-electron chi connectivity index (χ3n) is 2.22. The van der Waals surface area contributed by atoms with Gasteiger partial charge in [0.05, 0.1) is 0 Å². The van der Waals surface area contributed by atoms with Crippen molar-refractivity contribution >= 4 is 17.6 Å². The van der Waals surface area contributed by atoms with Crippen molar-refractivity contribution in [3.8, 4) is 0 Å². The van der Waals surface area contributed by atoms with Crippen molar-refractivity contribution in [3.05, 3.63) is 29.8 Å². The third kappa shape index (κ3) is 4.55. The van der Waals surface area contributed by atoms with Gasteiger partial charge in [0.1, 0.15) is 0 Å². The summed E-state index contributed by atoms with van der Waals surface area (Å²) in [5.41, 5.74) is 6.07. The van der Waals surface area contributed by atoms with Crippen molar-refractivity contribution in [2.24, 2.45) is 5.73 Å². The second-order valence-corrected chi connectivity index (χ2v) is 3.68. The van der Waals surface area contributed by atoms with Gasteiger partial charge in [-0.05, 0) is 24.6 Å². The molecule has 0 unspecified atom stereocenters. The average molecular weight is 235 g/mol. The maximum absolute atomic E-state index is 11.4. The predicted molar refractivity (Wildman–Crippen MR) is 66.9 cm³/mol. The first-order chi connectivity index (χ1) is 8.13. The van der Waals surface area contributed by atoms with Gasteiger partial charge in [-0.15, -0.1) is 0 Å². The highest BCUT2D eigenvalue weighted by molar-refractivity contribution is 5.95. The van der Waals surface area contributed by atoms with Crippen LogP contribution in [0.2, 0.25) is 0 Å². The SMILES string of the molecule is CCCCNC(=O)Nc1cccc(C(N)=O)c1. The highest BCUT2D eigenvalue weighted by atomic mass is 16.2. The number of unbranched alkanes of at least 4 members (excludes halogenated alkanes) is 1. The van der Waals surface area contributed by atoms with Crippen LogP contribution >= 0.6 is 0 Å². The summed E-state index contributed by atoms with van der Waals surface area (Å²) in [5.74, 6) is -0.514. The molecule has 5 heteroatoms. The number of nitrogens with one attached hydrogen (secondary N) is 2. The number of anilines is 1. The van der Waals surface area contributed by atoms with E-state index in [4.69, 9.17) is 5.73 Å². The lowest BCUT2D eigenvalue weighted by atomic mass is 10.2. The Bertz CT molecular complexity index is 404. The van der Waals surface area contributed by atoms with E-state index in [1.807, 2.05) is 0 Å². The Morgan fingerprint density at radius 3 is 2.76 bits per heavy atom. The fourth-order valence-corrected chi connectivity index (χ4v) is 1.30. The van der Waals surface area contributed by atoms with Crippen molar-refractivity contribution in [2.75, 3.05) is 11.9 Å². The Labute approximate surface area is 100 Å². The summed E-state index contributed by atoms with van der Waals surface area (Å²) in [5, 5.41) is 5.35. The van der Waals surface area contributed by atoms with Crippen LogP contribution in [0.1, 0.15) is 30.1 Å². The number of carbonyl (C=O) groups is 2. The van der Waals surface area contributed by atoms with Crippen molar-refractivity contribution in [1.29, 1.82) is 0 Å². The summed E-state index contributed by atoms with van der Waals surface area (Å²) in [4.78, 5) is 22.4. The summed E-state index contributed by atoms with van der Waals surface area (Å²) >= 11 is 0. The van der Waals surface area contributed by atoms with Gasteiger partial charge in [-0.3, -0.25) is 4.79 Å². The molecule has 17 heavy (non-hydrogen) atoms. The molecule has 4 N–H and O–H groups in total. The van der Waals surface area contributed by atoms with Gasteiger partial charge in [-0.25, -0.2) is 4.79 Å². The van der Waals surface area contributed by atoms with Crippen molar-refractivity contribution in [3.63, 3.8) is 0 Å². The maximum atomic E-state index is 11.4. The van der Waals surface area contributed by atoms with Crippen molar-refractivity contribution < 1.29 is 9.59 Å². The van der Waals surface area contributed by atoms with Crippen LogP contribution in [0.25, 0.3) is 0 Å². The molecule has 1 rings (SSSR count). The van der Waals surface area contributed by atoms with Crippen LogP contribution < -0.4 is 16.4 Å². The van der Waals surface area contributed by atoms with E-state index >= 15 is 0 Å². The molecule has 0 bridgehead atoms. The molecular formula is C12H17N3O2. The van der Waals surface area contributed by atoms with Crippen LogP contribution in [0.4, 0.5) is 10.5 Å². The number of urea groups is 1. The van der Waals surface area contributed by atoms with Crippen LogP contribution in [0.5, 0.6) is 0 Å². The van der Waals surface area contributed by atoms with Gasteiger partial charge < -0.3 is 16.4 Å². The first-order valence-corrected chi connectivity index (χ1v) is 5.58. The number of rotatable bonds is 5. The van der Waals surface area contributed by atoms with Crippen LogP contribution in [0.3, 0.4) is 0 Å². The number of hydrogen-bond acceptors (Lipinski definition) is 2. The number of carbonyl (C=O) groups excluding carboxylic acids is 2. The zero-order chi connectivity index (χ0) is 12.7. The van der Waals surface area contributed by atoms with Gasteiger partial charge in [-0.2, -0.15) is 0 Å². The molecular weight excluding hydrogens is 218 g/mol. The number of hydrogen-bond donors (Lipinski definition) is 3. The van der Waals surface area contributed by atoms with Crippen LogP contribution in [0, 0.1) is 0 Å². The molecule has 0 atom stereocenters. The molecule has 0 saturated heterocycles. The highest BCUT2D eigenvalue weighted by Crippen LogP contribution is 2.09. The Morgan fingerprint density at radius 1 is 1.35 bits per heavy atom. The Balaban J connectivity index is 2.53. The minimum Gasteiger partial charge on any atom is -0.366 e. The first kappa shape index (κ1) is 13.0. The van der Waals surface area contributed by atoms with Crippen LogP contribution in [-0.4, -0.2) is 18.5 Å². The molecule has 0 fully saturated rings. The number of primary amides is 1. The lowest BCUT2D eigenvalue weighted by molar-refractivity contribution is 0.100. The van der Waals surface area contributed by atoms with E-state index < -0.39 is 5.91 Å². The topological polar surface area (TPSA) is 84.2 Å². The van der Waals surface area contributed by atoms with E-state index in [0.29, 0.717) is 17.8 Å². The third-order valence-corrected chi connectivity index (χ3v) is 2.22. The van der Waals surface area contributed by atoms with Gasteiger partial charge in [0, 0.05) is 17.8 Å². The molecule has 1 aromatic rings. The van der Waals surface area contributed by atoms with E-state index in [1.54, 1.807) is 24.3 Å². The first-order valence-electron chi connectivity index (χ1n) is 5.58. The lowest BCUT2D eigenvalue weighted by Gasteiger charge is -2.07. The molecule has 92 valence electrons. The normalized spacial score (nSPS) is 9.71. The Hall–Kier alpha value is -2.04. The van der Waals surface area contributed by atoms with Crippen molar-refractivity contribution in [2.45, 2.75) is 19.8 Å². The Kier molecular flexibility index (Phi) is 5.00.